The molecule has 0 radical (unpaired) electrons. The molecule has 1 amide bonds. The number of nitrogens with one attached hydrogen (secondary N) is 1. The summed E-state index contributed by atoms with van der Waals surface area (Å²) in [5.41, 5.74) is 1.28. The molecule has 1 heterocycles. The topological polar surface area (TPSA) is 55.4 Å². The summed E-state index contributed by atoms with van der Waals surface area (Å²) < 4.78 is 6.45. The van der Waals surface area contributed by atoms with Crippen molar-refractivity contribution in [3.05, 3.63) is 11.6 Å². The predicted octanol–water partition coefficient (Wildman–Crippen LogP) is 3.83. The molecule has 1 aliphatic carbocycles. The van der Waals surface area contributed by atoms with E-state index >= 15 is 0 Å². The summed E-state index contributed by atoms with van der Waals surface area (Å²) in [6, 6.07) is 0.0881. The van der Waals surface area contributed by atoms with Crippen molar-refractivity contribution in [2.24, 2.45) is 11.8 Å². The number of hydrogen-bond acceptors (Lipinski definition) is 3. The number of β-lactam (4-membered cyclic amide) rings is 1. The fraction of sp³-hybridized carbons (Fsp3) is 0.789. The highest BCUT2D eigenvalue weighted by molar-refractivity contribution is 6.74. The van der Waals surface area contributed by atoms with Crippen LogP contribution in [-0.4, -0.2) is 32.2 Å². The van der Waals surface area contributed by atoms with Gasteiger partial charge in [-0.2, -0.15) is 0 Å². The van der Waals surface area contributed by atoms with Crippen LogP contribution in [0.1, 0.15) is 53.9 Å². The van der Waals surface area contributed by atoms with Crippen LogP contribution in [0.5, 0.6) is 0 Å². The van der Waals surface area contributed by atoms with Crippen LogP contribution in [0.15, 0.2) is 11.6 Å². The summed E-state index contributed by atoms with van der Waals surface area (Å²) in [6.07, 6.45) is 4.71. The first-order chi connectivity index (χ1) is 10.9. The average Bonchev–Trinajstić information content (AvgIpc) is 2.42. The number of allylic oxidation sites excluding steroid dienone is 1. The molecule has 1 fully saturated rings. The molecule has 136 valence electrons. The Morgan fingerprint density at radius 2 is 2.00 bits per heavy atom. The molecule has 5 heteroatoms. The van der Waals surface area contributed by atoms with Crippen molar-refractivity contribution in [3.63, 3.8) is 0 Å². The highest BCUT2D eigenvalue weighted by atomic mass is 28.4. The molecule has 24 heavy (non-hydrogen) atoms. The third kappa shape index (κ3) is 3.83. The Kier molecular flexibility index (Phi) is 5.45. The lowest BCUT2D eigenvalue weighted by atomic mass is 9.76. The monoisotopic (exact) mass is 351 g/mol. The number of hydrogen-bond donors (Lipinski definition) is 1. The van der Waals surface area contributed by atoms with Crippen molar-refractivity contribution >= 4 is 20.0 Å². The van der Waals surface area contributed by atoms with E-state index in [9.17, 15) is 9.59 Å². The Labute approximate surface area is 147 Å². The minimum atomic E-state index is -1.89. The lowest BCUT2D eigenvalue weighted by Gasteiger charge is -2.46. The van der Waals surface area contributed by atoms with Gasteiger partial charge in [0.25, 0.3) is 0 Å². The Hall–Kier alpha value is -0.943. The standard InChI is InChI=1S/C19H33NO3Si/c1-12(21)14-8-10-15(11-9-14)17-16(18(22)20-17)13(2)23-24(6,7)19(3,4)5/h10,13-14,16-17H,8-9,11H2,1-7H3,(H,20,22). The minimum Gasteiger partial charge on any atom is -0.413 e. The molecule has 1 aliphatic heterocycles. The molecule has 0 bridgehead atoms. The van der Waals surface area contributed by atoms with Crippen LogP contribution in [0, 0.1) is 11.8 Å². The Balaban J connectivity index is 2.05. The normalized spacial score (nSPS) is 29.4. The molecular weight excluding hydrogens is 318 g/mol. The lowest BCUT2D eigenvalue weighted by molar-refractivity contribution is -0.138. The molecule has 1 N–H and O–H groups in total. The summed E-state index contributed by atoms with van der Waals surface area (Å²) in [4.78, 5) is 23.7. The number of Topliss-reactive ketones (excluding diaryl/α,β-unsaturated/α-hetero) is 1. The van der Waals surface area contributed by atoms with Crippen LogP contribution in [0.2, 0.25) is 18.1 Å². The second kappa shape index (κ2) is 6.75. The second-order valence-corrected chi connectivity index (χ2v) is 13.7. The molecule has 0 aromatic rings. The van der Waals surface area contributed by atoms with Gasteiger partial charge in [0.05, 0.1) is 18.1 Å². The van der Waals surface area contributed by atoms with Gasteiger partial charge in [-0.1, -0.05) is 32.4 Å². The Morgan fingerprint density at radius 1 is 1.38 bits per heavy atom. The van der Waals surface area contributed by atoms with Crippen molar-refractivity contribution in [3.8, 4) is 0 Å². The van der Waals surface area contributed by atoms with E-state index in [1.807, 2.05) is 6.92 Å². The van der Waals surface area contributed by atoms with E-state index in [1.54, 1.807) is 6.92 Å². The Bertz CT molecular complexity index is 547. The molecule has 0 spiro atoms. The van der Waals surface area contributed by atoms with E-state index in [0.717, 1.165) is 19.3 Å². The largest absolute Gasteiger partial charge is 0.413 e. The van der Waals surface area contributed by atoms with Crippen LogP contribution in [0.25, 0.3) is 0 Å². The highest BCUT2D eigenvalue weighted by Crippen LogP contribution is 2.40. The van der Waals surface area contributed by atoms with Gasteiger partial charge < -0.3 is 9.74 Å². The zero-order valence-corrected chi connectivity index (χ0v) is 17.2. The lowest BCUT2D eigenvalue weighted by Crippen LogP contribution is -2.64. The van der Waals surface area contributed by atoms with Gasteiger partial charge >= 0.3 is 0 Å². The van der Waals surface area contributed by atoms with Gasteiger partial charge in [0.15, 0.2) is 8.32 Å². The number of rotatable bonds is 5. The summed E-state index contributed by atoms with van der Waals surface area (Å²) in [6.45, 7) is 14.8. The predicted molar refractivity (Wildman–Crippen MR) is 99.3 cm³/mol. The van der Waals surface area contributed by atoms with Crippen LogP contribution in [0.4, 0.5) is 0 Å². The molecule has 2 aliphatic rings. The summed E-state index contributed by atoms with van der Waals surface area (Å²) in [7, 11) is -1.89. The van der Waals surface area contributed by atoms with E-state index < -0.39 is 8.32 Å². The summed E-state index contributed by atoms with van der Waals surface area (Å²) in [5.74, 6) is 0.429. The second-order valence-electron chi connectivity index (χ2n) is 8.96. The maximum absolute atomic E-state index is 12.2. The average molecular weight is 352 g/mol. The fourth-order valence-electron chi connectivity index (χ4n) is 3.42. The van der Waals surface area contributed by atoms with Gasteiger partial charge in [-0.15, -0.1) is 0 Å². The van der Waals surface area contributed by atoms with Crippen LogP contribution >= 0.6 is 0 Å². The molecule has 0 saturated carbocycles. The van der Waals surface area contributed by atoms with Crippen molar-refractivity contribution in [1.82, 2.24) is 5.32 Å². The number of carbonyl (C=O) groups excluding carboxylic acids is 2. The van der Waals surface area contributed by atoms with Gasteiger partial charge in [-0.3, -0.25) is 9.59 Å². The van der Waals surface area contributed by atoms with Crippen molar-refractivity contribution in [1.29, 1.82) is 0 Å². The van der Waals surface area contributed by atoms with Crippen LogP contribution < -0.4 is 5.32 Å². The first-order valence-corrected chi connectivity index (χ1v) is 12.0. The zero-order valence-electron chi connectivity index (χ0n) is 16.2. The van der Waals surface area contributed by atoms with E-state index in [0.29, 0.717) is 0 Å². The van der Waals surface area contributed by atoms with Crippen molar-refractivity contribution in [2.75, 3.05) is 0 Å². The van der Waals surface area contributed by atoms with Gasteiger partial charge in [0, 0.05) is 5.92 Å². The van der Waals surface area contributed by atoms with Gasteiger partial charge in [0.1, 0.15) is 5.78 Å². The van der Waals surface area contributed by atoms with E-state index in [1.165, 1.54) is 5.57 Å². The maximum Gasteiger partial charge on any atom is 0.228 e. The Morgan fingerprint density at radius 3 is 2.42 bits per heavy atom. The van der Waals surface area contributed by atoms with Gasteiger partial charge in [-0.05, 0) is 51.2 Å². The van der Waals surface area contributed by atoms with E-state index in [4.69, 9.17) is 4.43 Å². The molecule has 4 atom stereocenters. The third-order valence-electron chi connectivity index (χ3n) is 6.17. The molecular formula is C19H33NO3Si. The summed E-state index contributed by atoms with van der Waals surface area (Å²) in [5, 5.41) is 3.19. The van der Waals surface area contributed by atoms with Crippen LogP contribution in [-0.2, 0) is 14.0 Å². The van der Waals surface area contributed by atoms with Crippen LogP contribution in [0.3, 0.4) is 0 Å². The van der Waals surface area contributed by atoms with Crippen molar-refractivity contribution in [2.45, 2.75) is 84.2 Å². The number of amides is 1. The first kappa shape index (κ1) is 19.4. The number of carbonyl (C=O) groups is 2. The molecule has 1 saturated heterocycles. The molecule has 4 unspecified atom stereocenters. The minimum absolute atomic E-state index is 0.0731. The van der Waals surface area contributed by atoms with Crippen molar-refractivity contribution < 1.29 is 14.0 Å². The quantitative estimate of drug-likeness (QED) is 0.465. The van der Waals surface area contributed by atoms with E-state index in [2.05, 4.69) is 45.3 Å². The molecule has 4 nitrogen and oxygen atoms in total. The fourth-order valence-corrected chi connectivity index (χ4v) is 4.85. The maximum atomic E-state index is 12.2. The SMILES string of the molecule is CC(=O)C1CC=C(C2NC(=O)C2C(C)O[Si](C)(C)C(C)(C)C)CC1. The highest BCUT2D eigenvalue weighted by Gasteiger charge is 2.48. The zero-order chi connectivity index (χ0) is 18.3. The third-order valence-corrected chi connectivity index (χ3v) is 10.7. The molecule has 0 aromatic carbocycles. The molecule has 0 aromatic heterocycles. The van der Waals surface area contributed by atoms with Gasteiger partial charge in [0.2, 0.25) is 5.91 Å². The first-order valence-electron chi connectivity index (χ1n) is 9.11. The smallest absolute Gasteiger partial charge is 0.228 e. The van der Waals surface area contributed by atoms with E-state index in [-0.39, 0.29) is 40.7 Å². The summed E-state index contributed by atoms with van der Waals surface area (Å²) >= 11 is 0. The van der Waals surface area contributed by atoms with Gasteiger partial charge in [-0.25, -0.2) is 0 Å². The number of ketones is 1. The molecule has 2 rings (SSSR count).